The van der Waals surface area contributed by atoms with Gasteiger partial charge in [0.25, 0.3) is 0 Å². The van der Waals surface area contributed by atoms with Gasteiger partial charge in [0.05, 0.1) is 0 Å². The zero-order chi connectivity index (χ0) is 13.0. The van der Waals surface area contributed by atoms with E-state index in [2.05, 4.69) is 47.0 Å². The molecule has 3 heteroatoms. The third-order valence-corrected chi connectivity index (χ3v) is 3.69. The Balaban J connectivity index is 1.99. The standard InChI is InChI=1S/C15H16INO/c1-11(10-12-6-8-13(18)9-7-12)17-15-5-3-2-4-14(15)16/h2-9,11,17-18H,10H2,1H3. The normalized spacial score (nSPS) is 12.1. The lowest BCUT2D eigenvalue weighted by Crippen LogP contribution is -2.18. The molecule has 0 amide bonds. The molecule has 1 atom stereocenters. The highest BCUT2D eigenvalue weighted by Gasteiger charge is 2.05. The Morgan fingerprint density at radius 2 is 1.78 bits per heavy atom. The van der Waals surface area contributed by atoms with Crippen molar-refractivity contribution in [2.24, 2.45) is 0 Å². The maximum Gasteiger partial charge on any atom is 0.115 e. The average molecular weight is 353 g/mol. The van der Waals surface area contributed by atoms with Gasteiger partial charge < -0.3 is 10.4 Å². The molecule has 0 aliphatic carbocycles. The summed E-state index contributed by atoms with van der Waals surface area (Å²) in [6.45, 7) is 2.16. The van der Waals surface area contributed by atoms with Gasteiger partial charge in [-0.25, -0.2) is 0 Å². The number of hydrogen-bond acceptors (Lipinski definition) is 2. The number of aromatic hydroxyl groups is 1. The Labute approximate surface area is 121 Å². The SMILES string of the molecule is CC(Cc1ccc(O)cc1)Nc1ccccc1I. The molecule has 2 rings (SSSR count). The zero-order valence-corrected chi connectivity index (χ0v) is 12.4. The minimum absolute atomic E-state index is 0.317. The summed E-state index contributed by atoms with van der Waals surface area (Å²) in [5, 5.41) is 12.7. The van der Waals surface area contributed by atoms with E-state index < -0.39 is 0 Å². The number of phenolic OH excluding ortho intramolecular Hbond substituents is 1. The summed E-state index contributed by atoms with van der Waals surface area (Å²) in [6.07, 6.45) is 0.936. The van der Waals surface area contributed by atoms with E-state index in [-0.39, 0.29) is 0 Å². The Morgan fingerprint density at radius 3 is 2.44 bits per heavy atom. The van der Waals surface area contributed by atoms with Gasteiger partial charge in [-0.3, -0.25) is 0 Å². The van der Waals surface area contributed by atoms with Crippen molar-refractivity contribution in [3.63, 3.8) is 0 Å². The molecule has 94 valence electrons. The van der Waals surface area contributed by atoms with Crippen molar-refractivity contribution in [2.75, 3.05) is 5.32 Å². The summed E-state index contributed by atoms with van der Waals surface area (Å²) in [6, 6.07) is 16.0. The largest absolute Gasteiger partial charge is 0.508 e. The van der Waals surface area contributed by atoms with E-state index in [1.165, 1.54) is 14.8 Å². The molecule has 2 aromatic rings. The van der Waals surface area contributed by atoms with Crippen LogP contribution in [0.3, 0.4) is 0 Å². The number of anilines is 1. The quantitative estimate of drug-likeness (QED) is 0.814. The molecular formula is C15H16INO. The molecule has 0 aliphatic rings. The van der Waals surface area contributed by atoms with Crippen LogP contribution in [0.15, 0.2) is 48.5 Å². The van der Waals surface area contributed by atoms with Crippen LogP contribution in [-0.4, -0.2) is 11.1 Å². The van der Waals surface area contributed by atoms with Gasteiger partial charge >= 0.3 is 0 Å². The Hall–Kier alpha value is -1.23. The molecule has 0 aliphatic heterocycles. The van der Waals surface area contributed by atoms with Crippen LogP contribution in [0.25, 0.3) is 0 Å². The molecular weight excluding hydrogens is 337 g/mol. The van der Waals surface area contributed by atoms with Crippen molar-refractivity contribution >= 4 is 28.3 Å². The second-order valence-corrected chi connectivity index (χ2v) is 5.56. The minimum Gasteiger partial charge on any atom is -0.508 e. The number of phenols is 1. The average Bonchev–Trinajstić information content (AvgIpc) is 2.35. The number of hydrogen-bond donors (Lipinski definition) is 2. The minimum atomic E-state index is 0.317. The van der Waals surface area contributed by atoms with Gasteiger partial charge in [0.15, 0.2) is 0 Å². The molecule has 0 heterocycles. The molecule has 2 N–H and O–H groups in total. The monoisotopic (exact) mass is 353 g/mol. The van der Waals surface area contributed by atoms with Crippen molar-refractivity contribution in [2.45, 2.75) is 19.4 Å². The Bertz CT molecular complexity index is 510. The van der Waals surface area contributed by atoms with Crippen molar-refractivity contribution in [1.82, 2.24) is 0 Å². The van der Waals surface area contributed by atoms with E-state index in [0.29, 0.717) is 11.8 Å². The number of nitrogens with one attached hydrogen (secondary N) is 1. The summed E-state index contributed by atoms with van der Waals surface area (Å²) < 4.78 is 1.23. The van der Waals surface area contributed by atoms with Gasteiger partial charge in [0.2, 0.25) is 0 Å². The first-order valence-electron chi connectivity index (χ1n) is 5.94. The topological polar surface area (TPSA) is 32.3 Å². The van der Waals surface area contributed by atoms with E-state index in [1.54, 1.807) is 12.1 Å². The van der Waals surface area contributed by atoms with Crippen LogP contribution in [0.4, 0.5) is 5.69 Å². The summed E-state index contributed by atoms with van der Waals surface area (Å²) in [5.74, 6) is 0.317. The molecule has 0 spiro atoms. The molecule has 0 bridgehead atoms. The Kier molecular flexibility index (Phi) is 4.47. The second kappa shape index (κ2) is 6.09. The molecule has 0 aromatic heterocycles. The molecule has 0 radical (unpaired) electrons. The highest BCUT2D eigenvalue weighted by atomic mass is 127. The van der Waals surface area contributed by atoms with Gasteiger partial charge in [-0.1, -0.05) is 24.3 Å². The predicted octanol–water partition coefficient (Wildman–Crippen LogP) is 4.04. The molecule has 0 saturated carbocycles. The van der Waals surface area contributed by atoms with Crippen LogP contribution in [0, 0.1) is 3.57 Å². The van der Waals surface area contributed by atoms with E-state index in [0.717, 1.165) is 6.42 Å². The van der Waals surface area contributed by atoms with Gasteiger partial charge in [-0.2, -0.15) is 0 Å². The molecule has 0 fully saturated rings. The highest BCUT2D eigenvalue weighted by molar-refractivity contribution is 14.1. The first-order valence-corrected chi connectivity index (χ1v) is 7.02. The molecule has 1 unspecified atom stereocenters. The Morgan fingerprint density at radius 1 is 1.11 bits per heavy atom. The first-order chi connectivity index (χ1) is 8.65. The van der Waals surface area contributed by atoms with Crippen LogP contribution in [0.5, 0.6) is 5.75 Å². The maximum atomic E-state index is 9.25. The number of rotatable bonds is 4. The fraction of sp³-hybridized carbons (Fsp3) is 0.200. The van der Waals surface area contributed by atoms with Crippen molar-refractivity contribution in [3.05, 3.63) is 57.7 Å². The van der Waals surface area contributed by atoms with Crippen molar-refractivity contribution in [3.8, 4) is 5.75 Å². The van der Waals surface area contributed by atoms with Gasteiger partial charge in [-0.05, 0) is 65.8 Å². The first kappa shape index (κ1) is 13.2. The van der Waals surface area contributed by atoms with Crippen molar-refractivity contribution < 1.29 is 5.11 Å². The van der Waals surface area contributed by atoms with Crippen LogP contribution in [-0.2, 0) is 6.42 Å². The summed E-state index contributed by atoms with van der Waals surface area (Å²) >= 11 is 2.33. The lowest BCUT2D eigenvalue weighted by Gasteiger charge is -2.16. The molecule has 2 aromatic carbocycles. The summed E-state index contributed by atoms with van der Waals surface area (Å²) in [5.41, 5.74) is 2.39. The smallest absolute Gasteiger partial charge is 0.115 e. The highest BCUT2D eigenvalue weighted by Crippen LogP contribution is 2.19. The fourth-order valence-electron chi connectivity index (χ4n) is 1.88. The van der Waals surface area contributed by atoms with Crippen LogP contribution < -0.4 is 5.32 Å². The lowest BCUT2D eigenvalue weighted by atomic mass is 10.1. The zero-order valence-electron chi connectivity index (χ0n) is 10.2. The van der Waals surface area contributed by atoms with Crippen LogP contribution in [0.1, 0.15) is 12.5 Å². The van der Waals surface area contributed by atoms with Gasteiger partial charge in [0.1, 0.15) is 5.75 Å². The second-order valence-electron chi connectivity index (χ2n) is 4.40. The van der Waals surface area contributed by atoms with Crippen LogP contribution >= 0.6 is 22.6 Å². The summed E-state index contributed by atoms with van der Waals surface area (Å²) in [4.78, 5) is 0. The molecule has 2 nitrogen and oxygen atoms in total. The van der Waals surface area contributed by atoms with Crippen molar-refractivity contribution in [1.29, 1.82) is 0 Å². The van der Waals surface area contributed by atoms with E-state index in [9.17, 15) is 5.11 Å². The van der Waals surface area contributed by atoms with Gasteiger partial charge in [-0.15, -0.1) is 0 Å². The number of halogens is 1. The fourth-order valence-corrected chi connectivity index (χ4v) is 2.42. The van der Waals surface area contributed by atoms with Crippen LogP contribution in [0.2, 0.25) is 0 Å². The molecule has 0 saturated heterocycles. The predicted molar refractivity (Wildman–Crippen MR) is 84.1 cm³/mol. The van der Waals surface area contributed by atoms with Gasteiger partial charge in [0, 0.05) is 15.3 Å². The lowest BCUT2D eigenvalue weighted by molar-refractivity contribution is 0.475. The summed E-state index contributed by atoms with van der Waals surface area (Å²) in [7, 11) is 0. The van der Waals surface area contributed by atoms with E-state index in [1.807, 2.05) is 24.3 Å². The van der Waals surface area contributed by atoms with E-state index in [4.69, 9.17) is 0 Å². The number of benzene rings is 2. The third kappa shape index (κ3) is 3.63. The number of para-hydroxylation sites is 1. The molecule has 18 heavy (non-hydrogen) atoms. The third-order valence-electron chi connectivity index (χ3n) is 2.75. The maximum absolute atomic E-state index is 9.25. The van der Waals surface area contributed by atoms with E-state index >= 15 is 0 Å².